The van der Waals surface area contributed by atoms with Gasteiger partial charge in [-0.15, -0.1) is 0 Å². The van der Waals surface area contributed by atoms with E-state index in [-0.39, 0.29) is 5.41 Å². The van der Waals surface area contributed by atoms with Gasteiger partial charge in [-0.3, -0.25) is 0 Å². The summed E-state index contributed by atoms with van der Waals surface area (Å²) in [5, 5.41) is 0. The van der Waals surface area contributed by atoms with Gasteiger partial charge in [-0.1, -0.05) is 46.8 Å². The highest BCUT2D eigenvalue weighted by molar-refractivity contribution is 5.42. The van der Waals surface area contributed by atoms with Gasteiger partial charge in [0.05, 0.1) is 7.11 Å². The van der Waals surface area contributed by atoms with Crippen molar-refractivity contribution in [1.82, 2.24) is 0 Å². The van der Waals surface area contributed by atoms with Crippen molar-refractivity contribution in [2.24, 2.45) is 11.7 Å². The zero-order valence-electron chi connectivity index (χ0n) is 13.3. The Morgan fingerprint density at radius 3 is 2.26 bits per heavy atom. The van der Waals surface area contributed by atoms with Crippen molar-refractivity contribution in [3.8, 4) is 5.75 Å². The van der Waals surface area contributed by atoms with Gasteiger partial charge >= 0.3 is 0 Å². The molecule has 108 valence electrons. The van der Waals surface area contributed by atoms with Gasteiger partial charge in [0.1, 0.15) is 5.75 Å². The summed E-state index contributed by atoms with van der Waals surface area (Å²) in [4.78, 5) is 0. The molecule has 19 heavy (non-hydrogen) atoms. The lowest BCUT2D eigenvalue weighted by atomic mass is 9.80. The fourth-order valence-electron chi connectivity index (χ4n) is 2.61. The summed E-state index contributed by atoms with van der Waals surface area (Å²) >= 11 is 0. The fraction of sp³-hybridized carbons (Fsp3) is 0.647. The van der Waals surface area contributed by atoms with E-state index < -0.39 is 0 Å². The lowest BCUT2D eigenvalue weighted by Gasteiger charge is -2.26. The second-order valence-electron chi connectivity index (χ2n) is 6.64. The second kappa shape index (κ2) is 6.42. The van der Waals surface area contributed by atoms with Crippen LogP contribution in [0, 0.1) is 5.92 Å². The molecule has 0 aromatic heterocycles. The van der Waals surface area contributed by atoms with Gasteiger partial charge in [-0.25, -0.2) is 0 Å². The monoisotopic (exact) mass is 263 g/mol. The quantitative estimate of drug-likeness (QED) is 0.868. The number of ether oxygens (including phenoxy) is 1. The van der Waals surface area contributed by atoms with Crippen LogP contribution in [0.3, 0.4) is 0 Å². The maximum atomic E-state index is 5.76. The molecule has 0 aliphatic carbocycles. The summed E-state index contributed by atoms with van der Waals surface area (Å²) in [6.07, 6.45) is 1.04. The largest absolute Gasteiger partial charge is 0.496 e. The Hall–Kier alpha value is -1.02. The van der Waals surface area contributed by atoms with Crippen LogP contribution in [0.5, 0.6) is 5.75 Å². The van der Waals surface area contributed by atoms with E-state index >= 15 is 0 Å². The van der Waals surface area contributed by atoms with Crippen molar-refractivity contribution in [3.63, 3.8) is 0 Å². The van der Waals surface area contributed by atoms with E-state index in [4.69, 9.17) is 10.5 Å². The molecular weight excluding hydrogens is 234 g/mol. The molecule has 1 atom stereocenters. The molecule has 0 bridgehead atoms. The normalized spacial score (nSPS) is 13.7. The summed E-state index contributed by atoms with van der Waals surface area (Å²) in [5.74, 6) is 2.10. The Labute approximate surface area is 118 Å². The third-order valence-corrected chi connectivity index (χ3v) is 3.74. The molecule has 1 rings (SSSR count). The first kappa shape index (κ1) is 16.0. The number of methoxy groups -OCH3 is 1. The van der Waals surface area contributed by atoms with Gasteiger partial charge in [0.15, 0.2) is 0 Å². The van der Waals surface area contributed by atoms with Gasteiger partial charge in [-0.05, 0) is 47.4 Å². The van der Waals surface area contributed by atoms with E-state index in [1.807, 2.05) is 0 Å². The van der Waals surface area contributed by atoms with E-state index in [1.165, 1.54) is 11.1 Å². The molecule has 0 amide bonds. The SMILES string of the molecule is COc1ccc(C(CCN)C(C)C)cc1C(C)(C)C. The molecule has 2 heteroatoms. The van der Waals surface area contributed by atoms with Gasteiger partial charge in [0, 0.05) is 0 Å². The smallest absolute Gasteiger partial charge is 0.122 e. The summed E-state index contributed by atoms with van der Waals surface area (Å²) in [6, 6.07) is 6.59. The van der Waals surface area contributed by atoms with Gasteiger partial charge in [-0.2, -0.15) is 0 Å². The number of rotatable bonds is 5. The molecule has 1 unspecified atom stereocenters. The first-order valence-corrected chi connectivity index (χ1v) is 7.19. The van der Waals surface area contributed by atoms with Crippen LogP contribution in [0.4, 0.5) is 0 Å². The van der Waals surface area contributed by atoms with Crippen LogP contribution < -0.4 is 10.5 Å². The molecule has 1 aromatic carbocycles. The minimum Gasteiger partial charge on any atom is -0.496 e. The standard InChI is InChI=1S/C17H29NO/c1-12(2)14(9-10-18)13-7-8-16(19-6)15(11-13)17(3,4)5/h7-8,11-12,14H,9-10,18H2,1-6H3. The summed E-state index contributed by atoms with van der Waals surface area (Å²) in [7, 11) is 1.74. The van der Waals surface area contributed by atoms with Crippen LogP contribution in [0.25, 0.3) is 0 Å². The first-order chi connectivity index (χ1) is 8.81. The highest BCUT2D eigenvalue weighted by atomic mass is 16.5. The molecule has 0 saturated heterocycles. The van der Waals surface area contributed by atoms with E-state index in [0.717, 1.165) is 18.7 Å². The Bertz CT molecular complexity index is 404. The summed E-state index contributed by atoms with van der Waals surface area (Å²) in [6.45, 7) is 11.9. The zero-order chi connectivity index (χ0) is 14.6. The van der Waals surface area contributed by atoms with Gasteiger partial charge < -0.3 is 10.5 Å². The molecule has 0 radical (unpaired) electrons. The highest BCUT2D eigenvalue weighted by Gasteiger charge is 2.22. The summed E-state index contributed by atoms with van der Waals surface area (Å²) < 4.78 is 5.50. The van der Waals surface area contributed by atoms with Crippen molar-refractivity contribution < 1.29 is 4.74 Å². The van der Waals surface area contributed by atoms with Crippen molar-refractivity contribution in [2.45, 2.75) is 52.4 Å². The molecule has 0 saturated carbocycles. The molecule has 1 aromatic rings. The van der Waals surface area contributed by atoms with Crippen LogP contribution in [0.15, 0.2) is 18.2 Å². The minimum absolute atomic E-state index is 0.0889. The van der Waals surface area contributed by atoms with E-state index in [0.29, 0.717) is 11.8 Å². The number of nitrogens with two attached hydrogens (primary N) is 1. The van der Waals surface area contributed by atoms with Crippen LogP contribution >= 0.6 is 0 Å². The van der Waals surface area contributed by atoms with Crippen LogP contribution in [-0.4, -0.2) is 13.7 Å². The fourth-order valence-corrected chi connectivity index (χ4v) is 2.61. The first-order valence-electron chi connectivity index (χ1n) is 7.19. The van der Waals surface area contributed by atoms with Gasteiger partial charge in [0.25, 0.3) is 0 Å². The van der Waals surface area contributed by atoms with Crippen molar-refractivity contribution >= 4 is 0 Å². The average Bonchev–Trinajstić information content (AvgIpc) is 2.33. The maximum absolute atomic E-state index is 5.76. The highest BCUT2D eigenvalue weighted by Crippen LogP contribution is 2.36. The van der Waals surface area contributed by atoms with Gasteiger partial charge in [0.2, 0.25) is 0 Å². The molecule has 0 fully saturated rings. The number of benzene rings is 1. The van der Waals surface area contributed by atoms with E-state index in [2.05, 4.69) is 52.8 Å². The van der Waals surface area contributed by atoms with Crippen LogP contribution in [0.1, 0.15) is 58.1 Å². The molecule has 2 nitrogen and oxygen atoms in total. The van der Waals surface area contributed by atoms with Crippen LogP contribution in [0.2, 0.25) is 0 Å². The van der Waals surface area contributed by atoms with Crippen molar-refractivity contribution in [2.75, 3.05) is 13.7 Å². The van der Waals surface area contributed by atoms with Crippen molar-refractivity contribution in [3.05, 3.63) is 29.3 Å². The predicted octanol–water partition coefficient (Wildman–Crippen LogP) is 4.08. The molecule has 0 spiro atoms. The number of hydrogen-bond acceptors (Lipinski definition) is 2. The average molecular weight is 263 g/mol. The van der Waals surface area contributed by atoms with E-state index in [1.54, 1.807) is 7.11 Å². The maximum Gasteiger partial charge on any atom is 0.122 e. The Kier molecular flexibility index (Phi) is 5.42. The Balaban J connectivity index is 3.23. The molecule has 0 aliphatic heterocycles. The lowest BCUT2D eigenvalue weighted by molar-refractivity contribution is 0.396. The van der Waals surface area contributed by atoms with Crippen LogP contribution in [-0.2, 0) is 5.41 Å². The Morgan fingerprint density at radius 1 is 1.21 bits per heavy atom. The molecule has 0 heterocycles. The predicted molar refractivity (Wildman–Crippen MR) is 82.9 cm³/mol. The lowest BCUT2D eigenvalue weighted by Crippen LogP contribution is -2.16. The second-order valence-corrected chi connectivity index (χ2v) is 6.64. The topological polar surface area (TPSA) is 35.2 Å². The molecule has 2 N–H and O–H groups in total. The minimum atomic E-state index is 0.0889. The van der Waals surface area contributed by atoms with Crippen molar-refractivity contribution in [1.29, 1.82) is 0 Å². The molecular formula is C17H29NO. The third kappa shape index (κ3) is 3.97. The molecule has 0 aliphatic rings. The third-order valence-electron chi connectivity index (χ3n) is 3.74. The summed E-state index contributed by atoms with van der Waals surface area (Å²) in [5.41, 5.74) is 8.50. The van der Waals surface area contributed by atoms with E-state index in [9.17, 15) is 0 Å². The zero-order valence-corrected chi connectivity index (χ0v) is 13.3. The Morgan fingerprint density at radius 2 is 1.84 bits per heavy atom. The number of hydrogen-bond donors (Lipinski definition) is 1.